The minimum Gasteiger partial charge on any atom is -0.348 e. The van der Waals surface area contributed by atoms with Crippen LogP contribution in [0.2, 0.25) is 0 Å². The molecule has 0 fully saturated rings. The first-order valence-electron chi connectivity index (χ1n) is 10.1. The summed E-state index contributed by atoms with van der Waals surface area (Å²) < 4.78 is 81.0. The average molecular weight is 470 g/mol. The molecule has 2 aromatic carbocycles. The first-order chi connectivity index (χ1) is 15.3. The molecule has 178 valence electrons. The second kappa shape index (κ2) is 10.6. The molecule has 0 aromatic heterocycles. The van der Waals surface area contributed by atoms with E-state index in [4.69, 9.17) is 0 Å². The van der Waals surface area contributed by atoms with Crippen LogP contribution in [0.3, 0.4) is 0 Å². The Balaban J connectivity index is 2.44. The van der Waals surface area contributed by atoms with Crippen LogP contribution in [0.5, 0.6) is 0 Å². The molecular formula is C24H24F6N2O. The van der Waals surface area contributed by atoms with Gasteiger partial charge in [0.1, 0.15) is 5.70 Å². The molecule has 0 saturated heterocycles. The number of benzene rings is 2. The molecule has 0 aliphatic heterocycles. The van der Waals surface area contributed by atoms with E-state index in [1.807, 2.05) is 0 Å². The molecule has 0 bridgehead atoms. The van der Waals surface area contributed by atoms with Crippen molar-refractivity contribution < 1.29 is 31.1 Å². The highest BCUT2D eigenvalue weighted by Gasteiger charge is 2.40. The Hall–Kier alpha value is -3.23. The van der Waals surface area contributed by atoms with Gasteiger partial charge in [0.2, 0.25) is 0 Å². The fourth-order valence-corrected chi connectivity index (χ4v) is 3.05. The lowest BCUT2D eigenvalue weighted by molar-refractivity contribution is -0.137. The molecule has 0 unspecified atom stereocenters. The quantitative estimate of drug-likeness (QED) is 0.283. The summed E-state index contributed by atoms with van der Waals surface area (Å²) >= 11 is 0. The van der Waals surface area contributed by atoms with Gasteiger partial charge >= 0.3 is 12.4 Å². The highest BCUT2D eigenvalue weighted by atomic mass is 19.4. The third-order valence-corrected chi connectivity index (χ3v) is 4.75. The second-order valence-electron chi connectivity index (χ2n) is 7.35. The first kappa shape index (κ1) is 26.0. The number of carbonyl (C=O) groups excluding carboxylic acids is 1. The Labute approximate surface area is 188 Å². The second-order valence-corrected chi connectivity index (χ2v) is 7.35. The van der Waals surface area contributed by atoms with Crippen LogP contribution in [0, 0.1) is 6.92 Å². The number of anilines is 1. The van der Waals surface area contributed by atoms with Gasteiger partial charge in [-0.15, -0.1) is 0 Å². The largest absolute Gasteiger partial charge is 0.432 e. The van der Waals surface area contributed by atoms with Gasteiger partial charge in [0.25, 0.3) is 5.91 Å². The van der Waals surface area contributed by atoms with Crippen LogP contribution in [-0.4, -0.2) is 19.1 Å². The highest BCUT2D eigenvalue weighted by Crippen LogP contribution is 2.34. The van der Waals surface area contributed by atoms with E-state index in [2.05, 4.69) is 5.32 Å². The third kappa shape index (κ3) is 7.13. The topological polar surface area (TPSA) is 32.3 Å². The molecule has 33 heavy (non-hydrogen) atoms. The summed E-state index contributed by atoms with van der Waals surface area (Å²) in [6.45, 7) is 3.12. The maximum atomic E-state index is 14.1. The first-order valence-corrected chi connectivity index (χ1v) is 10.1. The number of halogens is 6. The van der Waals surface area contributed by atoms with Gasteiger partial charge < -0.3 is 10.2 Å². The van der Waals surface area contributed by atoms with Gasteiger partial charge in [0.05, 0.1) is 11.1 Å². The Morgan fingerprint density at radius 1 is 1.03 bits per heavy atom. The summed E-state index contributed by atoms with van der Waals surface area (Å²) in [7, 11) is 1.20. The SMILES string of the molecule is CC/C=C/C(C(=O)NCc1cccc(C(F)(F)F)c1)=C(\N(C)c1ccc(C)cc1)C(F)(F)F. The standard InChI is InChI=1S/C24H24F6N2O/c1-4-5-9-20(21(24(28,29)30)32(3)19-12-10-16(2)11-13-19)22(33)31-15-17-7-6-8-18(14-17)23(25,26)27/h5-14H,4,15H2,1-3H3,(H,31,33)/b9-5+,21-20+. The minimum atomic E-state index is -4.87. The van der Waals surface area contributed by atoms with E-state index < -0.39 is 35.1 Å². The van der Waals surface area contributed by atoms with Crippen LogP contribution in [0.25, 0.3) is 0 Å². The number of allylic oxidation sites excluding steroid dienone is 2. The van der Waals surface area contributed by atoms with Crippen LogP contribution in [0.1, 0.15) is 30.0 Å². The van der Waals surface area contributed by atoms with Gasteiger partial charge in [-0.1, -0.05) is 48.9 Å². The zero-order valence-corrected chi connectivity index (χ0v) is 18.3. The van der Waals surface area contributed by atoms with Crippen LogP contribution in [-0.2, 0) is 17.5 Å². The lowest BCUT2D eigenvalue weighted by atomic mass is 10.1. The van der Waals surface area contributed by atoms with Crippen molar-refractivity contribution in [2.45, 2.75) is 39.2 Å². The predicted molar refractivity (Wildman–Crippen MR) is 115 cm³/mol. The van der Waals surface area contributed by atoms with E-state index in [1.54, 1.807) is 26.0 Å². The van der Waals surface area contributed by atoms with Crippen molar-refractivity contribution in [3.8, 4) is 0 Å². The monoisotopic (exact) mass is 470 g/mol. The van der Waals surface area contributed by atoms with Gasteiger partial charge in [-0.05, 0) is 43.2 Å². The summed E-state index contributed by atoms with van der Waals surface area (Å²) in [4.78, 5) is 13.7. The Morgan fingerprint density at radius 3 is 2.21 bits per heavy atom. The number of nitrogens with one attached hydrogen (secondary N) is 1. The maximum absolute atomic E-state index is 14.1. The summed E-state index contributed by atoms with van der Waals surface area (Å²) in [5.41, 5.74) is -1.55. The van der Waals surface area contributed by atoms with E-state index in [0.29, 0.717) is 6.42 Å². The molecule has 2 rings (SSSR count). The average Bonchev–Trinajstić information content (AvgIpc) is 2.73. The number of alkyl halides is 6. The van der Waals surface area contributed by atoms with E-state index in [-0.39, 0.29) is 17.8 Å². The zero-order chi connectivity index (χ0) is 24.8. The summed E-state index contributed by atoms with van der Waals surface area (Å²) in [5, 5.41) is 2.31. The summed E-state index contributed by atoms with van der Waals surface area (Å²) in [5.74, 6) is -1.05. The molecule has 3 nitrogen and oxygen atoms in total. The Bertz CT molecular complexity index is 1020. The van der Waals surface area contributed by atoms with Crippen molar-refractivity contribution in [2.75, 3.05) is 11.9 Å². The third-order valence-electron chi connectivity index (χ3n) is 4.75. The van der Waals surface area contributed by atoms with Gasteiger partial charge in [-0.25, -0.2) is 0 Å². The van der Waals surface area contributed by atoms with Gasteiger partial charge in [-0.2, -0.15) is 26.3 Å². The van der Waals surface area contributed by atoms with Gasteiger partial charge in [0, 0.05) is 19.3 Å². The molecule has 0 saturated carbocycles. The van der Waals surface area contributed by atoms with Gasteiger partial charge in [0.15, 0.2) is 0 Å². The number of rotatable bonds is 7. The molecule has 0 radical (unpaired) electrons. The zero-order valence-electron chi connectivity index (χ0n) is 18.3. The number of hydrogen-bond acceptors (Lipinski definition) is 2. The Kier molecular flexibility index (Phi) is 8.35. The fraction of sp³-hybridized carbons (Fsp3) is 0.292. The molecule has 0 atom stereocenters. The molecule has 0 aliphatic carbocycles. The van der Waals surface area contributed by atoms with Crippen LogP contribution < -0.4 is 10.2 Å². The van der Waals surface area contributed by atoms with Crippen LogP contribution in [0.4, 0.5) is 32.0 Å². The lowest BCUT2D eigenvalue weighted by Gasteiger charge is -2.27. The molecule has 9 heteroatoms. The summed E-state index contributed by atoms with van der Waals surface area (Å²) in [6, 6.07) is 10.5. The molecular weight excluding hydrogens is 446 g/mol. The van der Waals surface area contributed by atoms with Crippen molar-refractivity contribution in [1.29, 1.82) is 0 Å². The van der Waals surface area contributed by atoms with Crippen molar-refractivity contribution in [2.24, 2.45) is 0 Å². The normalized spacial score (nSPS) is 13.1. The lowest BCUT2D eigenvalue weighted by Crippen LogP contribution is -2.34. The Morgan fingerprint density at radius 2 is 1.67 bits per heavy atom. The van der Waals surface area contributed by atoms with Crippen molar-refractivity contribution in [1.82, 2.24) is 5.32 Å². The number of amides is 1. The molecule has 0 aliphatic rings. The molecule has 2 aromatic rings. The molecule has 1 amide bonds. The fourth-order valence-electron chi connectivity index (χ4n) is 3.05. The van der Waals surface area contributed by atoms with E-state index >= 15 is 0 Å². The number of nitrogens with zero attached hydrogens (tertiary/aromatic N) is 1. The van der Waals surface area contributed by atoms with Crippen LogP contribution >= 0.6 is 0 Å². The number of aryl methyl sites for hydroxylation is 1. The molecule has 1 N–H and O–H groups in total. The predicted octanol–water partition coefficient (Wildman–Crippen LogP) is 6.55. The van der Waals surface area contributed by atoms with Crippen LogP contribution in [0.15, 0.2) is 72.0 Å². The highest BCUT2D eigenvalue weighted by molar-refractivity contribution is 5.97. The minimum absolute atomic E-state index is 0.109. The van der Waals surface area contributed by atoms with Crippen molar-refractivity contribution in [3.63, 3.8) is 0 Å². The molecule has 0 heterocycles. The van der Waals surface area contributed by atoms with Crippen molar-refractivity contribution >= 4 is 11.6 Å². The van der Waals surface area contributed by atoms with E-state index in [0.717, 1.165) is 28.7 Å². The smallest absolute Gasteiger partial charge is 0.348 e. The van der Waals surface area contributed by atoms with E-state index in [9.17, 15) is 31.1 Å². The summed E-state index contributed by atoms with van der Waals surface area (Å²) in [6.07, 6.45) is -6.58. The van der Waals surface area contributed by atoms with Crippen molar-refractivity contribution in [3.05, 3.63) is 88.6 Å². The number of hydrogen-bond donors (Lipinski definition) is 1. The molecule has 0 spiro atoms. The maximum Gasteiger partial charge on any atom is 0.432 e. The van der Waals surface area contributed by atoms with Gasteiger partial charge in [-0.3, -0.25) is 4.79 Å². The number of carbonyl (C=O) groups is 1. The van der Waals surface area contributed by atoms with E-state index in [1.165, 1.54) is 37.4 Å².